The molecule has 1 aliphatic heterocycles. The highest BCUT2D eigenvalue weighted by Gasteiger charge is 2.26. The second kappa shape index (κ2) is 6.45. The van der Waals surface area contributed by atoms with Crippen LogP contribution in [0.2, 0.25) is 0 Å². The number of carbonyl (C=O) groups excluding carboxylic acids is 1. The highest BCUT2D eigenvalue weighted by atomic mass is 32.1. The van der Waals surface area contributed by atoms with Crippen LogP contribution in [0, 0.1) is 5.92 Å². The van der Waals surface area contributed by atoms with E-state index in [1.807, 2.05) is 13.8 Å². The number of methoxy groups -OCH3 is 1. The summed E-state index contributed by atoms with van der Waals surface area (Å²) in [4.78, 5) is 15.1. The van der Waals surface area contributed by atoms with Crippen LogP contribution in [0.4, 0.5) is 10.7 Å². The van der Waals surface area contributed by atoms with Crippen molar-refractivity contribution in [2.24, 2.45) is 5.92 Å². The maximum atomic E-state index is 12.2. The first-order valence-corrected chi connectivity index (χ1v) is 7.84. The lowest BCUT2D eigenvalue weighted by Gasteiger charge is -2.21. The van der Waals surface area contributed by atoms with E-state index in [1.54, 1.807) is 7.11 Å². The summed E-state index contributed by atoms with van der Waals surface area (Å²) in [5.74, 6) is 0.685. The van der Waals surface area contributed by atoms with Gasteiger partial charge in [0.25, 0.3) is 0 Å². The standard InChI is InChI=1S/C14H23N3O2S/c1-9(2)11(18)13-10(15)12(19-3)14(20-13)17-7-4-5-16-6-8-17/h9,16H,4-8,15H2,1-3H3. The molecule has 0 aromatic carbocycles. The zero-order valence-corrected chi connectivity index (χ0v) is 13.2. The fraction of sp³-hybridized carbons (Fsp3) is 0.643. The summed E-state index contributed by atoms with van der Waals surface area (Å²) >= 11 is 1.46. The average molecular weight is 297 g/mol. The molecule has 1 aromatic heterocycles. The maximum absolute atomic E-state index is 12.2. The number of hydrogen-bond donors (Lipinski definition) is 2. The molecule has 0 atom stereocenters. The molecule has 1 aliphatic rings. The summed E-state index contributed by atoms with van der Waals surface area (Å²) in [5.41, 5.74) is 6.61. The van der Waals surface area contributed by atoms with Crippen LogP contribution < -0.4 is 20.7 Å². The molecular formula is C14H23N3O2S. The molecule has 0 bridgehead atoms. The third kappa shape index (κ3) is 2.91. The van der Waals surface area contributed by atoms with Crippen molar-refractivity contribution in [1.82, 2.24) is 5.32 Å². The van der Waals surface area contributed by atoms with Gasteiger partial charge in [-0.2, -0.15) is 0 Å². The molecule has 0 amide bonds. The summed E-state index contributed by atoms with van der Waals surface area (Å²) in [6, 6.07) is 0. The molecule has 3 N–H and O–H groups in total. The Morgan fingerprint density at radius 1 is 1.40 bits per heavy atom. The molecule has 1 aromatic rings. The average Bonchev–Trinajstić information content (AvgIpc) is 2.62. The van der Waals surface area contributed by atoms with Gasteiger partial charge in [0.2, 0.25) is 0 Å². The molecule has 5 nitrogen and oxygen atoms in total. The van der Waals surface area contributed by atoms with Crippen molar-refractivity contribution < 1.29 is 9.53 Å². The van der Waals surface area contributed by atoms with Crippen LogP contribution in [0.5, 0.6) is 5.75 Å². The molecule has 0 spiro atoms. The summed E-state index contributed by atoms with van der Waals surface area (Å²) < 4.78 is 5.45. The lowest BCUT2D eigenvalue weighted by atomic mass is 10.1. The van der Waals surface area contributed by atoms with Crippen LogP contribution in [-0.2, 0) is 0 Å². The maximum Gasteiger partial charge on any atom is 0.177 e. The van der Waals surface area contributed by atoms with Gasteiger partial charge >= 0.3 is 0 Å². The number of ether oxygens (including phenoxy) is 1. The lowest BCUT2D eigenvalue weighted by molar-refractivity contribution is 0.0944. The van der Waals surface area contributed by atoms with Gasteiger partial charge in [-0.3, -0.25) is 4.79 Å². The third-order valence-electron chi connectivity index (χ3n) is 3.46. The van der Waals surface area contributed by atoms with Crippen molar-refractivity contribution in [3.05, 3.63) is 4.88 Å². The number of thiophene rings is 1. The van der Waals surface area contributed by atoms with Crippen molar-refractivity contribution >= 4 is 27.8 Å². The smallest absolute Gasteiger partial charge is 0.177 e. The van der Waals surface area contributed by atoms with Crippen LogP contribution in [-0.4, -0.2) is 39.1 Å². The highest BCUT2D eigenvalue weighted by Crippen LogP contribution is 2.45. The number of nitrogens with two attached hydrogens (primary N) is 1. The molecule has 2 rings (SSSR count). The fourth-order valence-electron chi connectivity index (χ4n) is 2.32. The second-order valence-electron chi connectivity index (χ2n) is 5.29. The monoisotopic (exact) mass is 297 g/mol. The Hall–Kier alpha value is -1.27. The van der Waals surface area contributed by atoms with E-state index in [0.717, 1.165) is 37.6 Å². The second-order valence-corrected chi connectivity index (χ2v) is 6.29. The predicted molar refractivity (Wildman–Crippen MR) is 84.2 cm³/mol. The minimum atomic E-state index is -0.0562. The van der Waals surface area contributed by atoms with Crippen molar-refractivity contribution in [1.29, 1.82) is 0 Å². The fourth-order valence-corrected chi connectivity index (χ4v) is 3.65. The number of nitrogens with zero attached hydrogens (tertiary/aromatic N) is 1. The Morgan fingerprint density at radius 3 is 2.80 bits per heavy atom. The van der Waals surface area contributed by atoms with E-state index in [1.165, 1.54) is 11.3 Å². The molecule has 112 valence electrons. The van der Waals surface area contributed by atoms with Crippen molar-refractivity contribution in [2.75, 3.05) is 43.9 Å². The normalized spacial score (nSPS) is 16.3. The van der Waals surface area contributed by atoms with Crippen LogP contribution >= 0.6 is 11.3 Å². The number of Topliss-reactive ketones (excluding diaryl/α,β-unsaturated/α-hetero) is 1. The number of nitrogens with one attached hydrogen (secondary N) is 1. The lowest BCUT2D eigenvalue weighted by Crippen LogP contribution is -2.27. The van der Waals surface area contributed by atoms with Crippen LogP contribution in [0.25, 0.3) is 0 Å². The van der Waals surface area contributed by atoms with E-state index in [-0.39, 0.29) is 11.7 Å². The first kappa shape index (κ1) is 15.1. The molecule has 0 aliphatic carbocycles. The molecule has 0 saturated carbocycles. The van der Waals surface area contributed by atoms with Crippen LogP contribution in [0.3, 0.4) is 0 Å². The highest BCUT2D eigenvalue weighted by molar-refractivity contribution is 7.19. The Bertz CT molecular complexity index is 477. The molecule has 1 saturated heterocycles. The van der Waals surface area contributed by atoms with Gasteiger partial charge in [0.1, 0.15) is 5.00 Å². The minimum absolute atomic E-state index is 0.0562. The largest absolute Gasteiger partial charge is 0.492 e. The Balaban J connectivity index is 2.37. The number of ketones is 1. The molecule has 2 heterocycles. The summed E-state index contributed by atoms with van der Waals surface area (Å²) in [6.45, 7) is 7.61. The van der Waals surface area contributed by atoms with E-state index in [2.05, 4.69) is 10.2 Å². The third-order valence-corrected chi connectivity index (χ3v) is 4.72. The Kier molecular flexibility index (Phi) is 4.88. The van der Waals surface area contributed by atoms with Gasteiger partial charge in [-0.15, -0.1) is 11.3 Å². The van der Waals surface area contributed by atoms with Gasteiger partial charge in [-0.05, 0) is 13.0 Å². The molecule has 0 unspecified atom stereocenters. The van der Waals surface area contributed by atoms with Gasteiger partial charge in [-0.25, -0.2) is 0 Å². The summed E-state index contributed by atoms with van der Waals surface area (Å²) in [7, 11) is 1.61. The van der Waals surface area contributed by atoms with E-state index < -0.39 is 0 Å². The number of carbonyl (C=O) groups is 1. The van der Waals surface area contributed by atoms with Gasteiger partial charge in [-0.1, -0.05) is 13.8 Å². The number of anilines is 2. The van der Waals surface area contributed by atoms with Gasteiger partial charge in [0.15, 0.2) is 11.5 Å². The van der Waals surface area contributed by atoms with Gasteiger partial charge in [0, 0.05) is 25.6 Å². The van der Waals surface area contributed by atoms with Crippen LogP contribution in [0.15, 0.2) is 0 Å². The number of hydrogen-bond acceptors (Lipinski definition) is 6. The molecule has 0 radical (unpaired) electrons. The molecule has 6 heteroatoms. The number of rotatable bonds is 4. The van der Waals surface area contributed by atoms with E-state index >= 15 is 0 Å². The van der Waals surface area contributed by atoms with E-state index in [4.69, 9.17) is 10.5 Å². The summed E-state index contributed by atoms with van der Waals surface area (Å²) in [5, 5.41) is 4.35. The van der Waals surface area contributed by atoms with E-state index in [9.17, 15) is 4.79 Å². The van der Waals surface area contributed by atoms with Crippen molar-refractivity contribution in [3.8, 4) is 5.75 Å². The number of nitrogen functional groups attached to an aromatic ring is 1. The quantitative estimate of drug-likeness (QED) is 0.832. The SMILES string of the molecule is COc1c(N2CCCNCC2)sc(C(=O)C(C)C)c1N. The predicted octanol–water partition coefficient (Wildman–Crippen LogP) is 1.98. The van der Waals surface area contributed by atoms with Crippen LogP contribution in [0.1, 0.15) is 29.9 Å². The topological polar surface area (TPSA) is 67.6 Å². The molecular weight excluding hydrogens is 274 g/mol. The zero-order chi connectivity index (χ0) is 14.7. The van der Waals surface area contributed by atoms with E-state index in [0.29, 0.717) is 16.3 Å². The van der Waals surface area contributed by atoms with Gasteiger partial charge < -0.3 is 20.7 Å². The Morgan fingerprint density at radius 2 is 2.15 bits per heavy atom. The van der Waals surface area contributed by atoms with Crippen molar-refractivity contribution in [2.45, 2.75) is 20.3 Å². The molecule has 20 heavy (non-hydrogen) atoms. The Labute approximate surface area is 124 Å². The molecule has 1 fully saturated rings. The minimum Gasteiger partial charge on any atom is -0.492 e. The van der Waals surface area contributed by atoms with Crippen molar-refractivity contribution in [3.63, 3.8) is 0 Å². The first-order chi connectivity index (χ1) is 9.56. The zero-order valence-electron chi connectivity index (χ0n) is 12.4. The van der Waals surface area contributed by atoms with Gasteiger partial charge in [0.05, 0.1) is 17.7 Å². The first-order valence-electron chi connectivity index (χ1n) is 7.02. The summed E-state index contributed by atoms with van der Waals surface area (Å²) in [6.07, 6.45) is 1.08.